The number of rotatable bonds is 18. The molecular formula is C28H55NO4S. The lowest BCUT2D eigenvalue weighted by Gasteiger charge is -2.40. The van der Waals surface area contributed by atoms with Crippen LogP contribution in [0.5, 0.6) is 0 Å². The summed E-state index contributed by atoms with van der Waals surface area (Å²) in [6.45, 7) is 15.9. The fraction of sp³-hybridized carbons (Fsp3) is 1.00. The normalized spacial score (nSPS) is 25.8. The van der Waals surface area contributed by atoms with E-state index in [1.54, 1.807) is 0 Å². The lowest BCUT2D eigenvalue weighted by Crippen LogP contribution is -2.55. The molecule has 0 saturated carbocycles. The number of ether oxygens (including phenoxy) is 4. The van der Waals surface area contributed by atoms with Crippen LogP contribution in [0.25, 0.3) is 0 Å². The molecular weight excluding hydrogens is 446 g/mol. The van der Waals surface area contributed by atoms with Crippen molar-refractivity contribution in [1.29, 1.82) is 0 Å². The molecule has 4 atom stereocenters. The molecule has 0 aliphatic carbocycles. The molecule has 202 valence electrons. The van der Waals surface area contributed by atoms with Crippen molar-refractivity contribution in [3.8, 4) is 0 Å². The molecule has 0 aromatic carbocycles. The Balaban J connectivity index is 2.07. The largest absolute Gasteiger partial charge is 0.348 e. The maximum atomic E-state index is 6.43. The highest BCUT2D eigenvalue weighted by Gasteiger charge is 2.47. The van der Waals surface area contributed by atoms with Crippen LogP contribution in [0.1, 0.15) is 119 Å². The Morgan fingerprint density at radius 1 is 0.676 bits per heavy atom. The molecule has 2 fully saturated rings. The molecule has 0 spiro atoms. The fourth-order valence-electron chi connectivity index (χ4n) is 5.26. The SMILES string of the molecule is CCCCCCCCN(CCCCCCCC)[C@@H](C1COC(C)(C)O1)[C@H](S)C1COC(C)(C)O1. The Labute approximate surface area is 216 Å². The Hall–Kier alpha value is 0.150. The summed E-state index contributed by atoms with van der Waals surface area (Å²) in [6.07, 6.45) is 15.6. The molecule has 0 bridgehead atoms. The summed E-state index contributed by atoms with van der Waals surface area (Å²) in [5.41, 5.74) is 0. The number of thiol groups is 1. The van der Waals surface area contributed by atoms with Gasteiger partial charge in [0, 0.05) is 5.25 Å². The van der Waals surface area contributed by atoms with E-state index in [4.69, 9.17) is 31.6 Å². The zero-order valence-corrected chi connectivity index (χ0v) is 24.0. The molecule has 5 nitrogen and oxygen atoms in total. The Morgan fingerprint density at radius 3 is 1.50 bits per heavy atom. The molecule has 0 aromatic rings. The average Bonchev–Trinajstić information content (AvgIpc) is 3.33. The molecule has 0 amide bonds. The number of nitrogens with zero attached hydrogens (tertiary/aromatic N) is 1. The molecule has 2 rings (SSSR count). The van der Waals surface area contributed by atoms with Crippen molar-refractivity contribution in [1.82, 2.24) is 4.90 Å². The zero-order chi connectivity index (χ0) is 25.0. The van der Waals surface area contributed by atoms with Crippen LogP contribution in [0.4, 0.5) is 0 Å². The number of hydrogen-bond donors (Lipinski definition) is 1. The van der Waals surface area contributed by atoms with Gasteiger partial charge < -0.3 is 18.9 Å². The highest BCUT2D eigenvalue weighted by atomic mass is 32.1. The summed E-state index contributed by atoms with van der Waals surface area (Å²) in [5.74, 6) is -1.10. The second-order valence-corrected chi connectivity index (χ2v) is 11.9. The van der Waals surface area contributed by atoms with Gasteiger partial charge in [0.25, 0.3) is 0 Å². The monoisotopic (exact) mass is 501 g/mol. The first-order valence-corrected chi connectivity index (χ1v) is 14.8. The van der Waals surface area contributed by atoms with E-state index in [1.165, 1.54) is 77.0 Å². The van der Waals surface area contributed by atoms with Crippen LogP contribution < -0.4 is 0 Å². The van der Waals surface area contributed by atoms with Gasteiger partial charge in [-0.15, -0.1) is 0 Å². The van der Waals surface area contributed by atoms with E-state index >= 15 is 0 Å². The molecule has 6 heteroatoms. The highest BCUT2D eigenvalue weighted by Crippen LogP contribution is 2.34. The van der Waals surface area contributed by atoms with Gasteiger partial charge in [-0.1, -0.05) is 78.1 Å². The summed E-state index contributed by atoms with van der Waals surface area (Å²) in [6, 6.07) is 0.138. The van der Waals surface area contributed by atoms with Crippen molar-refractivity contribution >= 4 is 12.6 Å². The van der Waals surface area contributed by atoms with Gasteiger partial charge in [0.2, 0.25) is 0 Å². The van der Waals surface area contributed by atoms with Crippen LogP contribution >= 0.6 is 12.6 Å². The van der Waals surface area contributed by atoms with E-state index in [0.29, 0.717) is 13.2 Å². The van der Waals surface area contributed by atoms with Crippen LogP contribution in [0.15, 0.2) is 0 Å². The molecule has 2 saturated heterocycles. The Morgan fingerprint density at radius 2 is 1.09 bits per heavy atom. The first-order chi connectivity index (χ1) is 16.2. The maximum Gasteiger partial charge on any atom is 0.163 e. The van der Waals surface area contributed by atoms with Crippen molar-refractivity contribution in [2.45, 2.75) is 154 Å². The molecule has 0 radical (unpaired) electrons. The third-order valence-corrected chi connectivity index (χ3v) is 7.83. The van der Waals surface area contributed by atoms with Crippen LogP contribution in [0, 0.1) is 0 Å². The summed E-state index contributed by atoms with van der Waals surface area (Å²) < 4.78 is 24.6. The van der Waals surface area contributed by atoms with Gasteiger partial charge in [0.1, 0.15) is 6.10 Å². The van der Waals surface area contributed by atoms with Crippen molar-refractivity contribution in [2.75, 3.05) is 26.3 Å². The quantitative estimate of drug-likeness (QED) is 0.162. The minimum Gasteiger partial charge on any atom is -0.348 e. The summed E-state index contributed by atoms with van der Waals surface area (Å²) in [7, 11) is 0. The average molecular weight is 502 g/mol. The predicted octanol–water partition coefficient (Wildman–Crippen LogP) is 6.98. The van der Waals surface area contributed by atoms with Crippen LogP contribution in [0.3, 0.4) is 0 Å². The first kappa shape index (κ1) is 30.4. The van der Waals surface area contributed by atoms with Crippen molar-refractivity contribution in [3.05, 3.63) is 0 Å². The van der Waals surface area contributed by atoms with Gasteiger partial charge in [-0.25, -0.2) is 0 Å². The highest BCUT2D eigenvalue weighted by molar-refractivity contribution is 7.81. The predicted molar refractivity (Wildman–Crippen MR) is 145 cm³/mol. The molecule has 2 aliphatic heterocycles. The first-order valence-electron chi connectivity index (χ1n) is 14.2. The lowest BCUT2D eigenvalue weighted by atomic mass is 9.99. The van der Waals surface area contributed by atoms with Gasteiger partial charge >= 0.3 is 0 Å². The van der Waals surface area contributed by atoms with Gasteiger partial charge in [0.15, 0.2) is 11.6 Å². The Bertz CT molecular complexity index is 528. The second-order valence-electron chi connectivity index (χ2n) is 11.3. The van der Waals surface area contributed by atoms with Crippen LogP contribution in [0.2, 0.25) is 0 Å². The third-order valence-electron chi connectivity index (χ3n) is 7.19. The molecule has 2 heterocycles. The summed E-state index contributed by atoms with van der Waals surface area (Å²) in [4.78, 5) is 2.65. The number of hydrogen-bond acceptors (Lipinski definition) is 6. The van der Waals surface area contributed by atoms with Crippen molar-refractivity contribution in [2.24, 2.45) is 0 Å². The standard InChI is InChI=1S/C28H55NO4S/c1-7-9-11-13-15-17-19-29(20-18-16-14-12-10-8-2)25(23-21-30-27(3,4)32-23)26(34)24-22-31-28(5,6)33-24/h23-26,34H,7-22H2,1-6H3/t23?,24?,25-,26+/m0/s1. The topological polar surface area (TPSA) is 40.2 Å². The molecule has 0 N–H and O–H groups in total. The lowest BCUT2D eigenvalue weighted by molar-refractivity contribution is -0.154. The van der Waals surface area contributed by atoms with E-state index in [0.717, 1.165) is 13.1 Å². The van der Waals surface area contributed by atoms with Crippen LogP contribution in [-0.4, -0.2) is 66.3 Å². The molecule has 2 aliphatic rings. The molecule has 34 heavy (non-hydrogen) atoms. The minimum atomic E-state index is -0.550. The summed E-state index contributed by atoms with van der Waals surface area (Å²) in [5, 5.41) is 0.00413. The van der Waals surface area contributed by atoms with Gasteiger partial charge in [-0.3, -0.25) is 4.90 Å². The van der Waals surface area contributed by atoms with E-state index < -0.39 is 11.6 Å². The van der Waals surface area contributed by atoms with Crippen LogP contribution in [-0.2, 0) is 18.9 Å². The second kappa shape index (κ2) is 15.4. The third kappa shape index (κ3) is 10.6. The Kier molecular flexibility index (Phi) is 13.8. The smallest absolute Gasteiger partial charge is 0.163 e. The van der Waals surface area contributed by atoms with Gasteiger partial charge in [-0.05, 0) is 53.6 Å². The van der Waals surface area contributed by atoms with E-state index in [2.05, 4.69) is 18.7 Å². The minimum absolute atomic E-state index is 0.00413. The van der Waals surface area contributed by atoms with E-state index in [9.17, 15) is 0 Å². The van der Waals surface area contributed by atoms with Crippen molar-refractivity contribution in [3.63, 3.8) is 0 Å². The molecule has 2 unspecified atom stereocenters. The maximum absolute atomic E-state index is 6.43. The van der Waals surface area contributed by atoms with Gasteiger partial charge in [-0.2, -0.15) is 12.6 Å². The molecule has 0 aromatic heterocycles. The fourth-order valence-corrected chi connectivity index (χ4v) is 5.79. The van der Waals surface area contributed by atoms with Gasteiger partial charge in [0.05, 0.1) is 25.4 Å². The van der Waals surface area contributed by atoms with Crippen molar-refractivity contribution < 1.29 is 18.9 Å². The van der Waals surface area contributed by atoms with E-state index in [1.807, 2.05) is 27.7 Å². The zero-order valence-electron chi connectivity index (χ0n) is 23.2. The number of unbranched alkanes of at least 4 members (excludes halogenated alkanes) is 10. The van der Waals surface area contributed by atoms with E-state index in [-0.39, 0.29) is 23.5 Å². The summed E-state index contributed by atoms with van der Waals surface area (Å²) >= 11 is 5.17.